The van der Waals surface area contributed by atoms with E-state index in [1.165, 1.54) is 0 Å². The smallest absolute Gasteiger partial charge is 0.274 e. The summed E-state index contributed by atoms with van der Waals surface area (Å²) in [7, 11) is 0. The molecular formula is C18H20ClN3O2. The van der Waals surface area contributed by atoms with Gasteiger partial charge in [0.2, 0.25) is 0 Å². The van der Waals surface area contributed by atoms with Gasteiger partial charge in [0, 0.05) is 17.3 Å². The van der Waals surface area contributed by atoms with Gasteiger partial charge in [0.1, 0.15) is 11.4 Å². The minimum atomic E-state index is -0.372. The molecule has 0 aliphatic heterocycles. The molecule has 0 aliphatic carbocycles. The van der Waals surface area contributed by atoms with Crippen LogP contribution in [-0.4, -0.2) is 23.3 Å². The Hall–Kier alpha value is -2.40. The molecule has 1 aromatic carbocycles. The summed E-state index contributed by atoms with van der Waals surface area (Å²) in [6, 6.07) is 10.0. The Morgan fingerprint density at radius 1 is 1.12 bits per heavy atom. The number of aryl methyl sites for hydroxylation is 1. The van der Waals surface area contributed by atoms with E-state index in [0.717, 1.165) is 18.4 Å². The molecule has 0 spiro atoms. The Balaban J connectivity index is 2.09. The summed E-state index contributed by atoms with van der Waals surface area (Å²) in [6.45, 7) is 4.50. The number of nitrogens with one attached hydrogen (secondary N) is 2. The summed E-state index contributed by atoms with van der Waals surface area (Å²) in [5.41, 5.74) is 1.92. The molecule has 1 aromatic heterocycles. The number of anilines is 1. The van der Waals surface area contributed by atoms with E-state index < -0.39 is 0 Å². The van der Waals surface area contributed by atoms with E-state index in [-0.39, 0.29) is 23.2 Å². The quantitative estimate of drug-likeness (QED) is 0.782. The monoisotopic (exact) mass is 345 g/mol. The first kappa shape index (κ1) is 17.9. The van der Waals surface area contributed by atoms with E-state index in [0.29, 0.717) is 17.3 Å². The van der Waals surface area contributed by atoms with Crippen molar-refractivity contribution in [3.05, 3.63) is 58.4 Å². The molecule has 0 saturated heterocycles. The third-order valence-electron chi connectivity index (χ3n) is 3.47. The van der Waals surface area contributed by atoms with Gasteiger partial charge in [-0.3, -0.25) is 9.59 Å². The lowest BCUT2D eigenvalue weighted by atomic mass is 10.2. The van der Waals surface area contributed by atoms with Gasteiger partial charge in [-0.2, -0.15) is 0 Å². The number of amides is 2. The van der Waals surface area contributed by atoms with Crippen molar-refractivity contribution in [2.24, 2.45) is 0 Å². The number of unbranched alkanes of at least 4 members (excludes halogenated alkanes) is 1. The minimum Gasteiger partial charge on any atom is -0.351 e. The molecule has 2 N–H and O–H groups in total. The summed E-state index contributed by atoms with van der Waals surface area (Å²) in [6.07, 6.45) is 1.90. The third-order valence-corrected chi connectivity index (χ3v) is 3.70. The van der Waals surface area contributed by atoms with E-state index in [1.807, 2.05) is 13.8 Å². The standard InChI is InChI=1S/C18H20ClN3O2/c1-3-4-10-20-17(23)15-6-5-7-16(21-15)18(24)22-14-9-8-13(19)11-12(14)2/h5-9,11H,3-4,10H2,1-2H3,(H,20,23)(H,22,24). The van der Waals surface area contributed by atoms with Crippen LogP contribution < -0.4 is 10.6 Å². The Morgan fingerprint density at radius 3 is 2.50 bits per heavy atom. The molecule has 5 nitrogen and oxygen atoms in total. The van der Waals surface area contributed by atoms with Crippen LogP contribution in [0.1, 0.15) is 46.3 Å². The van der Waals surface area contributed by atoms with Gasteiger partial charge >= 0.3 is 0 Å². The molecule has 0 aliphatic rings. The first-order valence-corrected chi connectivity index (χ1v) is 8.22. The lowest BCUT2D eigenvalue weighted by Crippen LogP contribution is -2.26. The van der Waals surface area contributed by atoms with E-state index in [1.54, 1.807) is 36.4 Å². The van der Waals surface area contributed by atoms with Crippen LogP contribution in [0.2, 0.25) is 5.02 Å². The van der Waals surface area contributed by atoms with Crippen molar-refractivity contribution in [2.75, 3.05) is 11.9 Å². The lowest BCUT2D eigenvalue weighted by Gasteiger charge is -2.09. The van der Waals surface area contributed by atoms with Crippen molar-refractivity contribution in [3.8, 4) is 0 Å². The maximum Gasteiger partial charge on any atom is 0.274 e. The molecule has 0 radical (unpaired) electrons. The zero-order valence-electron chi connectivity index (χ0n) is 13.7. The van der Waals surface area contributed by atoms with Gasteiger partial charge in [0.15, 0.2) is 0 Å². The molecule has 0 unspecified atom stereocenters. The Morgan fingerprint density at radius 2 is 1.83 bits per heavy atom. The van der Waals surface area contributed by atoms with Crippen LogP contribution in [0.3, 0.4) is 0 Å². The first-order chi connectivity index (χ1) is 11.5. The van der Waals surface area contributed by atoms with Gasteiger partial charge < -0.3 is 10.6 Å². The highest BCUT2D eigenvalue weighted by molar-refractivity contribution is 6.30. The summed E-state index contributed by atoms with van der Waals surface area (Å²) in [5.74, 6) is -0.649. The number of rotatable bonds is 6. The van der Waals surface area contributed by atoms with Gasteiger partial charge in [0.05, 0.1) is 0 Å². The van der Waals surface area contributed by atoms with E-state index in [2.05, 4.69) is 15.6 Å². The Labute approximate surface area is 146 Å². The first-order valence-electron chi connectivity index (χ1n) is 7.84. The molecule has 1 heterocycles. The minimum absolute atomic E-state index is 0.187. The van der Waals surface area contributed by atoms with E-state index >= 15 is 0 Å². The Kier molecular flexibility index (Phi) is 6.32. The number of carbonyl (C=O) groups excluding carboxylic acids is 2. The number of carbonyl (C=O) groups is 2. The second-order valence-corrected chi connectivity index (χ2v) is 5.87. The van der Waals surface area contributed by atoms with Crippen LogP contribution >= 0.6 is 11.6 Å². The number of pyridine rings is 1. The van der Waals surface area contributed by atoms with Crippen LogP contribution in [0.25, 0.3) is 0 Å². The lowest BCUT2D eigenvalue weighted by molar-refractivity contribution is 0.0948. The SMILES string of the molecule is CCCCNC(=O)c1cccc(C(=O)Nc2ccc(Cl)cc2C)n1. The summed E-state index contributed by atoms with van der Waals surface area (Å²) < 4.78 is 0. The van der Waals surface area contributed by atoms with Gasteiger partial charge in [-0.1, -0.05) is 31.0 Å². The molecule has 2 amide bonds. The highest BCUT2D eigenvalue weighted by atomic mass is 35.5. The average Bonchev–Trinajstić information content (AvgIpc) is 2.57. The topological polar surface area (TPSA) is 71.1 Å². The van der Waals surface area contributed by atoms with Crippen LogP contribution in [0.15, 0.2) is 36.4 Å². The summed E-state index contributed by atoms with van der Waals surface area (Å²) in [5, 5.41) is 6.17. The second-order valence-electron chi connectivity index (χ2n) is 5.43. The number of aromatic nitrogens is 1. The molecule has 0 fully saturated rings. The molecule has 24 heavy (non-hydrogen) atoms. The maximum atomic E-state index is 12.3. The van der Waals surface area contributed by atoms with Crippen molar-refractivity contribution in [2.45, 2.75) is 26.7 Å². The van der Waals surface area contributed by atoms with Crippen molar-refractivity contribution < 1.29 is 9.59 Å². The maximum absolute atomic E-state index is 12.3. The van der Waals surface area contributed by atoms with Crippen molar-refractivity contribution in [3.63, 3.8) is 0 Å². The van der Waals surface area contributed by atoms with Crippen LogP contribution in [0.4, 0.5) is 5.69 Å². The largest absolute Gasteiger partial charge is 0.351 e. The van der Waals surface area contributed by atoms with Gasteiger partial charge in [-0.15, -0.1) is 0 Å². The molecule has 6 heteroatoms. The number of hydrogen-bond acceptors (Lipinski definition) is 3. The zero-order chi connectivity index (χ0) is 17.5. The highest BCUT2D eigenvalue weighted by Crippen LogP contribution is 2.20. The van der Waals surface area contributed by atoms with Gasteiger partial charge in [0.25, 0.3) is 11.8 Å². The predicted molar refractivity (Wildman–Crippen MR) is 95.6 cm³/mol. The average molecular weight is 346 g/mol. The molecule has 0 saturated carbocycles. The zero-order valence-corrected chi connectivity index (χ0v) is 14.5. The van der Waals surface area contributed by atoms with Gasteiger partial charge in [-0.05, 0) is 49.2 Å². The summed E-state index contributed by atoms with van der Waals surface area (Å²) in [4.78, 5) is 28.5. The normalized spacial score (nSPS) is 10.3. The fourth-order valence-corrected chi connectivity index (χ4v) is 2.34. The fourth-order valence-electron chi connectivity index (χ4n) is 2.11. The molecule has 2 aromatic rings. The molecule has 0 bridgehead atoms. The Bertz CT molecular complexity index is 747. The molecule has 2 rings (SSSR count). The fraction of sp³-hybridized carbons (Fsp3) is 0.278. The van der Waals surface area contributed by atoms with Crippen LogP contribution in [0, 0.1) is 6.92 Å². The summed E-state index contributed by atoms with van der Waals surface area (Å²) >= 11 is 5.91. The van der Waals surface area contributed by atoms with Crippen LogP contribution in [0.5, 0.6) is 0 Å². The number of halogens is 1. The molecule has 0 atom stereocenters. The van der Waals surface area contributed by atoms with E-state index in [9.17, 15) is 9.59 Å². The third kappa shape index (κ3) is 4.80. The number of hydrogen-bond donors (Lipinski definition) is 2. The van der Waals surface area contributed by atoms with Crippen LogP contribution in [-0.2, 0) is 0 Å². The van der Waals surface area contributed by atoms with Gasteiger partial charge in [-0.25, -0.2) is 4.98 Å². The van der Waals surface area contributed by atoms with Crippen molar-refractivity contribution in [1.82, 2.24) is 10.3 Å². The van der Waals surface area contributed by atoms with Crippen molar-refractivity contribution >= 4 is 29.1 Å². The highest BCUT2D eigenvalue weighted by Gasteiger charge is 2.13. The van der Waals surface area contributed by atoms with E-state index in [4.69, 9.17) is 11.6 Å². The molecular weight excluding hydrogens is 326 g/mol. The number of benzene rings is 1. The van der Waals surface area contributed by atoms with Crippen molar-refractivity contribution in [1.29, 1.82) is 0 Å². The number of nitrogens with zero attached hydrogens (tertiary/aromatic N) is 1. The predicted octanol–water partition coefficient (Wildman–Crippen LogP) is 3.83. The second kappa shape index (κ2) is 8.45. The molecule has 126 valence electrons.